The predicted molar refractivity (Wildman–Crippen MR) is 90.4 cm³/mol. The molecule has 1 atom stereocenters. The summed E-state index contributed by atoms with van der Waals surface area (Å²) >= 11 is 1.67. The smallest absolute Gasteiger partial charge is 0.321 e. The van der Waals surface area contributed by atoms with E-state index < -0.39 is 6.03 Å². The first-order valence-corrected chi connectivity index (χ1v) is 8.99. The van der Waals surface area contributed by atoms with Crippen molar-refractivity contribution in [3.8, 4) is 0 Å². The lowest BCUT2D eigenvalue weighted by atomic mass is 10.2. The number of nitrogens with one attached hydrogen (secondary N) is 2. The predicted octanol–water partition coefficient (Wildman–Crippen LogP) is 1.96. The first-order chi connectivity index (χ1) is 11.2. The highest BCUT2D eigenvalue weighted by Gasteiger charge is 2.21. The summed E-state index contributed by atoms with van der Waals surface area (Å²) in [6.45, 7) is 4.92. The maximum absolute atomic E-state index is 12.1. The molecule has 2 rings (SSSR count). The van der Waals surface area contributed by atoms with Gasteiger partial charge in [-0.15, -0.1) is 11.3 Å². The standard InChI is InChI=1S/C16H25N3O3S/c1-2-7-17-16(21)18-15(20)12-19(10-13-5-3-8-22-13)11-14-6-4-9-23-14/h4,6,9,13H,2-3,5,7-8,10-12H2,1H3,(H2,17,18,20,21)/t13-/m0/s1. The van der Waals surface area contributed by atoms with E-state index in [-0.39, 0.29) is 18.6 Å². The molecule has 1 aromatic heterocycles. The lowest BCUT2D eigenvalue weighted by Gasteiger charge is -2.24. The van der Waals surface area contributed by atoms with Gasteiger partial charge in [-0.05, 0) is 30.7 Å². The number of rotatable bonds is 8. The monoisotopic (exact) mass is 339 g/mol. The van der Waals surface area contributed by atoms with Gasteiger partial charge in [0.05, 0.1) is 12.6 Å². The minimum atomic E-state index is -0.426. The molecule has 0 radical (unpaired) electrons. The second-order valence-electron chi connectivity index (χ2n) is 5.69. The SMILES string of the molecule is CCCNC(=O)NC(=O)CN(Cc1cccs1)C[C@@H]1CCCO1. The molecule has 0 saturated carbocycles. The van der Waals surface area contributed by atoms with Gasteiger partial charge in [-0.2, -0.15) is 0 Å². The molecule has 1 saturated heterocycles. The lowest BCUT2D eigenvalue weighted by molar-refractivity contribution is -0.121. The molecule has 1 fully saturated rings. The number of nitrogens with zero attached hydrogens (tertiary/aromatic N) is 1. The van der Waals surface area contributed by atoms with E-state index in [1.165, 1.54) is 4.88 Å². The molecule has 2 heterocycles. The Kier molecular flexibility index (Phi) is 7.51. The van der Waals surface area contributed by atoms with E-state index in [0.29, 0.717) is 19.6 Å². The summed E-state index contributed by atoms with van der Waals surface area (Å²) in [7, 11) is 0. The van der Waals surface area contributed by atoms with Gasteiger partial charge < -0.3 is 10.1 Å². The molecule has 0 aliphatic carbocycles. The molecule has 1 aliphatic heterocycles. The topological polar surface area (TPSA) is 70.7 Å². The third kappa shape index (κ3) is 6.68. The summed E-state index contributed by atoms with van der Waals surface area (Å²) in [5, 5.41) is 7.05. The molecule has 0 bridgehead atoms. The molecule has 1 aliphatic rings. The Morgan fingerprint density at radius 1 is 1.48 bits per heavy atom. The van der Waals surface area contributed by atoms with Crippen LogP contribution in [0.15, 0.2) is 17.5 Å². The van der Waals surface area contributed by atoms with Gasteiger partial charge in [-0.1, -0.05) is 13.0 Å². The Balaban J connectivity index is 1.85. The summed E-state index contributed by atoms with van der Waals surface area (Å²) < 4.78 is 5.67. The molecule has 1 aromatic rings. The second-order valence-corrected chi connectivity index (χ2v) is 6.72. The Morgan fingerprint density at radius 2 is 2.35 bits per heavy atom. The molecule has 6 nitrogen and oxygen atoms in total. The van der Waals surface area contributed by atoms with Crippen molar-refractivity contribution in [2.75, 3.05) is 26.2 Å². The summed E-state index contributed by atoms with van der Waals surface area (Å²) in [5.74, 6) is -0.284. The largest absolute Gasteiger partial charge is 0.377 e. The zero-order chi connectivity index (χ0) is 16.5. The minimum absolute atomic E-state index is 0.177. The van der Waals surface area contributed by atoms with Crippen LogP contribution in [-0.4, -0.2) is 49.2 Å². The van der Waals surface area contributed by atoms with E-state index in [1.807, 2.05) is 23.3 Å². The van der Waals surface area contributed by atoms with Crippen molar-refractivity contribution >= 4 is 23.3 Å². The zero-order valence-electron chi connectivity index (χ0n) is 13.5. The number of urea groups is 1. The first-order valence-electron chi connectivity index (χ1n) is 8.11. The van der Waals surface area contributed by atoms with E-state index in [4.69, 9.17) is 4.74 Å². The number of ether oxygens (including phenoxy) is 1. The van der Waals surface area contributed by atoms with Gasteiger partial charge in [0.2, 0.25) is 5.91 Å². The number of carbonyl (C=O) groups excluding carboxylic acids is 2. The van der Waals surface area contributed by atoms with Crippen LogP contribution in [-0.2, 0) is 16.1 Å². The number of hydrogen-bond acceptors (Lipinski definition) is 5. The van der Waals surface area contributed by atoms with Gasteiger partial charge in [0, 0.05) is 31.1 Å². The third-order valence-electron chi connectivity index (χ3n) is 3.60. The minimum Gasteiger partial charge on any atom is -0.377 e. The molecule has 7 heteroatoms. The maximum atomic E-state index is 12.1. The highest BCUT2D eigenvalue weighted by atomic mass is 32.1. The van der Waals surface area contributed by atoms with Crippen LogP contribution < -0.4 is 10.6 Å². The third-order valence-corrected chi connectivity index (χ3v) is 4.46. The van der Waals surface area contributed by atoms with Gasteiger partial charge in [0.25, 0.3) is 0 Å². The van der Waals surface area contributed by atoms with Crippen LogP contribution in [0.1, 0.15) is 31.1 Å². The van der Waals surface area contributed by atoms with Crippen molar-refractivity contribution in [2.24, 2.45) is 0 Å². The zero-order valence-corrected chi connectivity index (χ0v) is 14.4. The van der Waals surface area contributed by atoms with Crippen molar-refractivity contribution in [1.82, 2.24) is 15.5 Å². The summed E-state index contributed by atoms with van der Waals surface area (Å²) in [5.41, 5.74) is 0. The van der Waals surface area contributed by atoms with Crippen LogP contribution in [0.4, 0.5) is 4.79 Å². The van der Waals surface area contributed by atoms with E-state index in [2.05, 4.69) is 16.7 Å². The number of carbonyl (C=O) groups is 2. The van der Waals surface area contributed by atoms with Crippen LogP contribution >= 0.6 is 11.3 Å². The number of amides is 3. The maximum Gasteiger partial charge on any atom is 0.321 e. The average Bonchev–Trinajstić information content (AvgIpc) is 3.18. The highest BCUT2D eigenvalue weighted by Crippen LogP contribution is 2.16. The number of imide groups is 1. The van der Waals surface area contributed by atoms with Crippen molar-refractivity contribution in [3.63, 3.8) is 0 Å². The summed E-state index contributed by atoms with van der Waals surface area (Å²) in [4.78, 5) is 26.9. The number of hydrogen-bond donors (Lipinski definition) is 2. The fraction of sp³-hybridized carbons (Fsp3) is 0.625. The Labute approximate surface area is 141 Å². The van der Waals surface area contributed by atoms with Gasteiger partial charge >= 0.3 is 6.03 Å². The molecule has 0 spiro atoms. The fourth-order valence-corrected chi connectivity index (χ4v) is 3.28. The lowest BCUT2D eigenvalue weighted by Crippen LogP contribution is -2.45. The second kappa shape index (κ2) is 9.64. The average molecular weight is 339 g/mol. The quantitative estimate of drug-likeness (QED) is 0.760. The van der Waals surface area contributed by atoms with E-state index >= 15 is 0 Å². The van der Waals surface area contributed by atoms with Crippen LogP contribution in [0.5, 0.6) is 0 Å². The summed E-state index contributed by atoms with van der Waals surface area (Å²) in [6.07, 6.45) is 3.12. The van der Waals surface area contributed by atoms with Crippen LogP contribution in [0.25, 0.3) is 0 Å². The highest BCUT2D eigenvalue weighted by molar-refractivity contribution is 7.09. The first kappa shape index (κ1) is 17.9. The van der Waals surface area contributed by atoms with E-state index in [1.54, 1.807) is 11.3 Å². The van der Waals surface area contributed by atoms with E-state index in [0.717, 1.165) is 25.9 Å². The van der Waals surface area contributed by atoms with Gasteiger partial charge in [-0.3, -0.25) is 15.0 Å². The van der Waals surface area contributed by atoms with Gasteiger partial charge in [0.15, 0.2) is 0 Å². The molecule has 0 unspecified atom stereocenters. The molecular formula is C16H25N3O3S. The molecule has 3 amide bonds. The Hall–Kier alpha value is -1.44. The van der Waals surface area contributed by atoms with Crippen molar-refractivity contribution < 1.29 is 14.3 Å². The van der Waals surface area contributed by atoms with Crippen LogP contribution in [0, 0.1) is 0 Å². The van der Waals surface area contributed by atoms with Gasteiger partial charge in [-0.25, -0.2) is 4.79 Å². The van der Waals surface area contributed by atoms with E-state index in [9.17, 15) is 9.59 Å². The fourth-order valence-electron chi connectivity index (χ4n) is 2.54. The molecule has 0 aromatic carbocycles. The number of thiophene rings is 1. The van der Waals surface area contributed by atoms with Gasteiger partial charge in [0.1, 0.15) is 0 Å². The molecule has 2 N–H and O–H groups in total. The van der Waals surface area contributed by atoms with Crippen LogP contribution in [0.3, 0.4) is 0 Å². The summed E-state index contributed by atoms with van der Waals surface area (Å²) in [6, 6.07) is 3.63. The van der Waals surface area contributed by atoms with Crippen molar-refractivity contribution in [1.29, 1.82) is 0 Å². The molecule has 128 valence electrons. The Morgan fingerprint density at radius 3 is 3.00 bits per heavy atom. The molecule has 23 heavy (non-hydrogen) atoms. The Bertz CT molecular complexity index is 487. The van der Waals surface area contributed by atoms with Crippen molar-refractivity contribution in [3.05, 3.63) is 22.4 Å². The normalized spacial score (nSPS) is 17.4. The van der Waals surface area contributed by atoms with Crippen molar-refractivity contribution in [2.45, 2.75) is 38.8 Å². The van der Waals surface area contributed by atoms with Crippen LogP contribution in [0.2, 0.25) is 0 Å². The molecular weight excluding hydrogens is 314 g/mol.